The van der Waals surface area contributed by atoms with Crippen LogP contribution < -0.4 is 0 Å². The number of rotatable bonds is 12. The van der Waals surface area contributed by atoms with Crippen molar-refractivity contribution in [3.05, 3.63) is 107 Å². The maximum Gasteiger partial charge on any atom is 0.330 e. The second-order valence-electron chi connectivity index (χ2n) is 19.5. The third-order valence-electron chi connectivity index (χ3n) is 13.9. The monoisotopic (exact) mass is 1020 g/mol. The molecule has 15 atom stereocenters. The summed E-state index contributed by atoms with van der Waals surface area (Å²) in [5.74, 6) is -1.95. The van der Waals surface area contributed by atoms with Crippen LogP contribution in [0.1, 0.15) is 121 Å². The van der Waals surface area contributed by atoms with Crippen molar-refractivity contribution in [2.75, 3.05) is 14.2 Å². The number of nitrogens with zero attached hydrogens (tertiary/aromatic N) is 2. The Labute approximate surface area is 414 Å². The smallest absolute Gasteiger partial charge is 0.330 e. The van der Waals surface area contributed by atoms with E-state index in [9.17, 15) is 20.1 Å². The van der Waals surface area contributed by atoms with E-state index in [2.05, 4.69) is 22.5 Å². The first-order valence-corrected chi connectivity index (χ1v) is 25.2. The number of aromatic nitrogens is 2. The van der Waals surface area contributed by atoms with Crippen molar-refractivity contribution in [1.29, 1.82) is 0 Å². The fourth-order valence-electron chi connectivity index (χ4n) is 10.4. The quantitative estimate of drug-likeness (QED) is 0.104. The third kappa shape index (κ3) is 14.6. The van der Waals surface area contributed by atoms with Gasteiger partial charge in [0.05, 0.1) is 67.5 Å². The zero-order valence-electron chi connectivity index (χ0n) is 40.7. The number of halogens is 1. The molecule has 4 saturated heterocycles. The van der Waals surface area contributed by atoms with Crippen LogP contribution in [0.3, 0.4) is 0 Å². The van der Waals surface area contributed by atoms with Gasteiger partial charge < -0.3 is 57.3 Å². The molecule has 0 saturated carbocycles. The second-order valence-corrected chi connectivity index (χ2v) is 20.0. The number of fused-ring (bicyclic) bond motifs is 9. The zero-order valence-corrected chi connectivity index (χ0v) is 42.3. The molecule has 7 heterocycles. The minimum atomic E-state index is -1.73. The number of aliphatic hydroxyl groups is 3. The van der Waals surface area contributed by atoms with Crippen molar-refractivity contribution in [2.24, 2.45) is 11.8 Å². The maximum absolute atomic E-state index is 13.6. The zero-order chi connectivity index (χ0) is 49.2. The molecule has 0 aromatic carbocycles. The van der Waals surface area contributed by atoms with Gasteiger partial charge in [-0.15, -0.1) is 0 Å². The average molecular weight is 1020 g/mol. The molecule has 5 aliphatic rings. The summed E-state index contributed by atoms with van der Waals surface area (Å²) in [5, 5.41) is 33.9. The molecule has 3 N–H and O–H groups in total. The fraction of sp³-hybridized carbons (Fsp3) is 0.604. The first kappa shape index (κ1) is 53.0. The highest BCUT2D eigenvalue weighted by atomic mass is 79.9. The Kier molecular flexibility index (Phi) is 18.9. The largest absolute Gasteiger partial charge is 0.458 e. The normalized spacial score (nSPS) is 36.1. The van der Waals surface area contributed by atoms with E-state index in [1.54, 1.807) is 37.6 Å². The number of carbonyl (C=O) groups excluding carboxylic acids is 1. The molecule has 69 heavy (non-hydrogen) atoms. The maximum atomic E-state index is 13.6. The Balaban J connectivity index is 1.06. The molecule has 0 aliphatic carbocycles. The van der Waals surface area contributed by atoms with Gasteiger partial charge in [-0.05, 0) is 75.1 Å². The molecule has 0 amide bonds. The van der Waals surface area contributed by atoms with Crippen LogP contribution >= 0.6 is 15.9 Å². The molecule has 4 fully saturated rings. The van der Waals surface area contributed by atoms with Crippen LogP contribution in [0.5, 0.6) is 0 Å². The molecule has 5 aliphatic heterocycles. The molecular formula is C53H71BrN2O13. The predicted octanol–water partition coefficient (Wildman–Crippen LogP) is 8.76. The number of carbonyl (C=O) groups is 1. The van der Waals surface area contributed by atoms with E-state index < -0.39 is 48.4 Å². The number of hydrogen-bond donors (Lipinski definition) is 3. The summed E-state index contributed by atoms with van der Waals surface area (Å²) in [4.78, 5) is 24.8. The lowest BCUT2D eigenvalue weighted by atomic mass is 9.79. The Morgan fingerprint density at radius 2 is 1.78 bits per heavy atom. The molecule has 378 valence electrons. The Morgan fingerprint density at radius 3 is 2.57 bits per heavy atom. The molecule has 16 heteroatoms. The van der Waals surface area contributed by atoms with Gasteiger partial charge in [-0.25, -0.2) is 14.8 Å². The van der Waals surface area contributed by atoms with Gasteiger partial charge in [-0.2, -0.15) is 0 Å². The van der Waals surface area contributed by atoms with Crippen LogP contribution in [0.25, 0.3) is 12.2 Å². The SMILES string of the molecule is C=C1C[C@@H]2CC3C[C@@H](O)C[C@@H](O3)c3coc(n3)/C=C/C[C@H]3O[C@@H](/C(C)=C/c4coc(C[C@]5(O)C[C@H](OC)C[C@H]([C@H](O)/C=C(C)/C=C/C(C/C=C/Br)OC)O5)n4)[C@H](C)C(OC(=O)/C=C\C[C@@H](C1)O2)[C@H]3C. The van der Waals surface area contributed by atoms with E-state index in [0.29, 0.717) is 75.1 Å². The molecule has 15 nitrogen and oxygen atoms in total. The Morgan fingerprint density at radius 1 is 0.986 bits per heavy atom. The van der Waals surface area contributed by atoms with E-state index in [-0.39, 0.29) is 67.2 Å². The van der Waals surface area contributed by atoms with E-state index in [1.807, 2.05) is 64.2 Å². The molecule has 2 aromatic rings. The molecule has 0 spiro atoms. The van der Waals surface area contributed by atoms with Crippen molar-refractivity contribution >= 4 is 34.1 Å². The summed E-state index contributed by atoms with van der Waals surface area (Å²) < 4.78 is 55.2. The van der Waals surface area contributed by atoms with Crippen molar-refractivity contribution < 1.29 is 62.1 Å². The summed E-state index contributed by atoms with van der Waals surface area (Å²) in [6, 6.07) is 0. The van der Waals surface area contributed by atoms with Gasteiger partial charge in [-0.1, -0.05) is 84.0 Å². The lowest BCUT2D eigenvalue weighted by molar-refractivity contribution is -0.286. The predicted molar refractivity (Wildman–Crippen MR) is 261 cm³/mol. The van der Waals surface area contributed by atoms with Crippen LogP contribution in [0.2, 0.25) is 0 Å². The lowest BCUT2D eigenvalue weighted by Crippen LogP contribution is -2.51. The van der Waals surface area contributed by atoms with Gasteiger partial charge >= 0.3 is 5.97 Å². The lowest BCUT2D eigenvalue weighted by Gasteiger charge is -2.44. The second kappa shape index (κ2) is 24.5. The number of methoxy groups -OCH3 is 2. The highest BCUT2D eigenvalue weighted by Crippen LogP contribution is 2.40. The molecule has 3 unspecified atom stereocenters. The van der Waals surface area contributed by atoms with Gasteiger partial charge in [0.25, 0.3) is 0 Å². The van der Waals surface area contributed by atoms with Crippen LogP contribution in [-0.4, -0.2) is 118 Å². The highest BCUT2D eigenvalue weighted by molar-refractivity contribution is 9.11. The molecule has 8 bridgehead atoms. The van der Waals surface area contributed by atoms with E-state index in [0.717, 1.165) is 16.7 Å². The topological polar surface area (TPSA) is 194 Å². The van der Waals surface area contributed by atoms with Gasteiger partial charge in [0.1, 0.15) is 36.1 Å². The van der Waals surface area contributed by atoms with Crippen molar-refractivity contribution in [1.82, 2.24) is 9.97 Å². The van der Waals surface area contributed by atoms with Crippen LogP contribution in [-0.2, 0) is 44.4 Å². The van der Waals surface area contributed by atoms with Crippen molar-refractivity contribution in [3.63, 3.8) is 0 Å². The number of allylic oxidation sites excluding steroid dienone is 2. The van der Waals surface area contributed by atoms with E-state index in [4.69, 9.17) is 52.0 Å². The number of aliphatic hydroxyl groups excluding tert-OH is 2. The molecule has 0 radical (unpaired) electrons. The fourth-order valence-corrected chi connectivity index (χ4v) is 10.6. The summed E-state index contributed by atoms with van der Waals surface area (Å²) >= 11 is 3.28. The average Bonchev–Trinajstić information content (AvgIpc) is 3.96. The van der Waals surface area contributed by atoms with Gasteiger partial charge in [0.2, 0.25) is 5.89 Å². The number of oxazole rings is 2. The van der Waals surface area contributed by atoms with Crippen LogP contribution in [0.15, 0.2) is 92.2 Å². The third-order valence-corrected chi connectivity index (χ3v) is 14.2. The van der Waals surface area contributed by atoms with Crippen LogP contribution in [0, 0.1) is 11.8 Å². The molecule has 7 rings (SSSR count). The summed E-state index contributed by atoms with van der Waals surface area (Å²) in [7, 11) is 3.22. The Bertz CT molecular complexity index is 2210. The number of ether oxygens (including phenoxy) is 7. The van der Waals surface area contributed by atoms with Crippen LogP contribution in [0.4, 0.5) is 0 Å². The first-order valence-electron chi connectivity index (χ1n) is 24.3. The van der Waals surface area contributed by atoms with E-state index >= 15 is 0 Å². The minimum absolute atomic E-state index is 0.0830. The van der Waals surface area contributed by atoms with E-state index in [1.165, 1.54) is 12.3 Å². The first-order chi connectivity index (χ1) is 33.1. The summed E-state index contributed by atoms with van der Waals surface area (Å²) in [5.41, 5.74) is 3.86. The highest BCUT2D eigenvalue weighted by Gasteiger charge is 2.45. The van der Waals surface area contributed by atoms with Crippen molar-refractivity contribution in [3.8, 4) is 0 Å². The van der Waals surface area contributed by atoms with Gasteiger partial charge in [-0.3, -0.25) is 0 Å². The number of hydrogen-bond acceptors (Lipinski definition) is 15. The number of esters is 1. The standard InChI is InChI=1S/C53H71BrN2O13/c1-31(16-17-38(61-6)12-10-18-54)21-44(58)47-26-42(62-7)27-53(60,69-47)28-49-55-36(29-63-49)22-33(3)51-35(5)52-34(4)45(67-51)13-9-14-48-56-43(30-64-48)46-24-37(57)23-41(66-46)25-40-20-32(2)19-39(65-40)11-8-15-50(59)68-52/h8-10,14-18,21-22,29-30,34-35,37-42,44-47,51-52,57-58,60H,2,11-13,19-20,23-28H2,1,3-7H3/b14-9+,15-8-,17-16+,18-10+,31-21+,33-22+/t34-,35-,37+,38?,39-,40+,41?,42+,44+,45+,46+,47+,51-,52?,53-/m0/s1. The van der Waals surface area contributed by atoms with Gasteiger partial charge in [0, 0.05) is 57.8 Å². The molecular weight excluding hydrogens is 952 g/mol. The Hall–Kier alpha value is -3.81. The summed E-state index contributed by atoms with van der Waals surface area (Å²) in [6.07, 6.45) is 19.5. The minimum Gasteiger partial charge on any atom is -0.458 e. The molecule has 2 aromatic heterocycles. The van der Waals surface area contributed by atoms with Crippen molar-refractivity contribution in [2.45, 2.75) is 177 Å². The summed E-state index contributed by atoms with van der Waals surface area (Å²) in [6.45, 7) is 12.2. The van der Waals surface area contributed by atoms with Gasteiger partial charge in [0.15, 0.2) is 11.7 Å².